The maximum absolute atomic E-state index is 13.8. The third-order valence-corrected chi connectivity index (χ3v) is 4.11. The van der Waals surface area contributed by atoms with Crippen molar-refractivity contribution in [1.29, 1.82) is 0 Å². The number of halogens is 2. The molecule has 0 fully saturated rings. The number of phenolic OH excluding ortho intramolecular Hbond substituents is 1. The SMILES string of the molecule is COc1cc2c(-c3ccc(F)c(F)c3)c3c(nc2cc1O)COC3=O. The molecule has 0 spiro atoms. The van der Waals surface area contributed by atoms with Gasteiger partial charge in [-0.25, -0.2) is 18.6 Å². The number of carbonyl (C=O) groups excluding carboxylic acids is 1. The van der Waals surface area contributed by atoms with E-state index in [-0.39, 0.29) is 23.7 Å². The number of fused-ring (bicyclic) bond motifs is 2. The fourth-order valence-electron chi connectivity index (χ4n) is 2.98. The number of carbonyl (C=O) groups is 1. The summed E-state index contributed by atoms with van der Waals surface area (Å²) in [6, 6.07) is 6.26. The van der Waals surface area contributed by atoms with E-state index in [1.807, 2.05) is 0 Å². The standard InChI is InChI=1S/C18H11F2NO4/c1-24-15-5-9-12(6-14(15)22)21-13-7-25-18(23)17(13)16(9)8-2-3-10(19)11(20)4-8/h2-6,22H,7H2,1H3. The van der Waals surface area contributed by atoms with Crippen molar-refractivity contribution in [2.24, 2.45) is 0 Å². The molecule has 2 heterocycles. The minimum atomic E-state index is -1.03. The van der Waals surface area contributed by atoms with Crippen molar-refractivity contribution in [3.05, 3.63) is 53.2 Å². The Bertz CT molecular complexity index is 1050. The summed E-state index contributed by atoms with van der Waals surface area (Å²) in [6.45, 7) is -0.0203. The number of esters is 1. The quantitative estimate of drug-likeness (QED) is 0.721. The van der Waals surface area contributed by atoms with E-state index in [1.54, 1.807) is 0 Å². The number of nitrogens with zero attached hydrogens (tertiary/aromatic N) is 1. The zero-order valence-corrected chi connectivity index (χ0v) is 13.0. The maximum Gasteiger partial charge on any atom is 0.341 e. The highest BCUT2D eigenvalue weighted by molar-refractivity contribution is 6.09. The van der Waals surface area contributed by atoms with E-state index in [4.69, 9.17) is 9.47 Å². The number of phenols is 1. The van der Waals surface area contributed by atoms with Gasteiger partial charge in [-0.15, -0.1) is 0 Å². The fraction of sp³-hybridized carbons (Fsp3) is 0.111. The summed E-state index contributed by atoms with van der Waals surface area (Å²) in [6.07, 6.45) is 0. The van der Waals surface area contributed by atoms with Crippen LogP contribution in [0, 0.1) is 11.6 Å². The summed E-state index contributed by atoms with van der Waals surface area (Å²) in [4.78, 5) is 16.5. The molecule has 0 unspecified atom stereocenters. The molecular weight excluding hydrogens is 332 g/mol. The van der Waals surface area contributed by atoms with Crippen LogP contribution in [0.4, 0.5) is 8.78 Å². The van der Waals surface area contributed by atoms with Crippen LogP contribution in [-0.4, -0.2) is 23.2 Å². The number of ether oxygens (including phenoxy) is 2. The number of hydrogen-bond donors (Lipinski definition) is 1. The van der Waals surface area contributed by atoms with Gasteiger partial charge < -0.3 is 14.6 Å². The van der Waals surface area contributed by atoms with Crippen molar-refractivity contribution in [2.75, 3.05) is 7.11 Å². The molecule has 1 aliphatic heterocycles. The van der Waals surface area contributed by atoms with Crippen LogP contribution in [0.2, 0.25) is 0 Å². The number of benzene rings is 2. The van der Waals surface area contributed by atoms with Gasteiger partial charge in [0.15, 0.2) is 23.1 Å². The highest BCUT2D eigenvalue weighted by Crippen LogP contribution is 2.40. The van der Waals surface area contributed by atoms with Crippen LogP contribution in [-0.2, 0) is 11.3 Å². The number of rotatable bonds is 2. The van der Waals surface area contributed by atoms with Gasteiger partial charge in [0.1, 0.15) is 6.61 Å². The summed E-state index contributed by atoms with van der Waals surface area (Å²) < 4.78 is 37.2. The Kier molecular flexibility index (Phi) is 3.31. The number of methoxy groups -OCH3 is 1. The van der Waals surface area contributed by atoms with E-state index in [0.717, 1.165) is 12.1 Å². The average Bonchev–Trinajstić information content (AvgIpc) is 2.95. The van der Waals surface area contributed by atoms with Crippen molar-refractivity contribution >= 4 is 16.9 Å². The predicted molar refractivity (Wildman–Crippen MR) is 84.4 cm³/mol. The van der Waals surface area contributed by atoms with Crippen LogP contribution in [0.15, 0.2) is 30.3 Å². The van der Waals surface area contributed by atoms with Crippen molar-refractivity contribution in [2.45, 2.75) is 6.61 Å². The summed E-state index contributed by atoms with van der Waals surface area (Å²) in [5.74, 6) is -2.56. The van der Waals surface area contributed by atoms with Gasteiger partial charge in [-0.3, -0.25) is 0 Å². The van der Waals surface area contributed by atoms with E-state index >= 15 is 0 Å². The van der Waals surface area contributed by atoms with Crippen LogP contribution in [0.5, 0.6) is 11.5 Å². The van der Waals surface area contributed by atoms with Crippen LogP contribution >= 0.6 is 0 Å². The molecule has 0 amide bonds. The maximum atomic E-state index is 13.8. The highest BCUT2D eigenvalue weighted by atomic mass is 19.2. The number of aromatic hydroxyl groups is 1. The first-order valence-electron chi connectivity index (χ1n) is 7.35. The first kappa shape index (κ1) is 15.3. The first-order chi connectivity index (χ1) is 12.0. The molecule has 5 nitrogen and oxygen atoms in total. The Balaban J connectivity index is 2.14. The molecule has 0 atom stereocenters. The molecule has 1 aliphatic rings. The summed E-state index contributed by atoms with van der Waals surface area (Å²) in [5.41, 5.74) is 1.62. The van der Waals surface area contributed by atoms with E-state index in [2.05, 4.69) is 4.98 Å². The second-order valence-electron chi connectivity index (χ2n) is 5.55. The van der Waals surface area contributed by atoms with Crippen LogP contribution < -0.4 is 4.74 Å². The van der Waals surface area contributed by atoms with Gasteiger partial charge in [-0.05, 0) is 23.8 Å². The highest BCUT2D eigenvalue weighted by Gasteiger charge is 2.30. The Morgan fingerprint density at radius 1 is 1.16 bits per heavy atom. The lowest BCUT2D eigenvalue weighted by molar-refractivity contribution is 0.0534. The van der Waals surface area contributed by atoms with Gasteiger partial charge in [-0.1, -0.05) is 6.07 Å². The molecule has 7 heteroatoms. The number of pyridine rings is 1. The molecule has 4 rings (SSSR count). The summed E-state index contributed by atoms with van der Waals surface area (Å²) in [5, 5.41) is 10.4. The molecule has 126 valence electrons. The molecule has 3 aromatic rings. The normalized spacial score (nSPS) is 13.0. The number of cyclic esters (lactones) is 1. The Labute approximate surface area is 140 Å². The number of hydrogen-bond acceptors (Lipinski definition) is 5. The molecule has 0 aliphatic carbocycles. The van der Waals surface area contributed by atoms with Gasteiger partial charge in [0.2, 0.25) is 0 Å². The summed E-state index contributed by atoms with van der Waals surface area (Å²) >= 11 is 0. The number of aromatic nitrogens is 1. The first-order valence-corrected chi connectivity index (χ1v) is 7.35. The largest absolute Gasteiger partial charge is 0.504 e. The van der Waals surface area contributed by atoms with Gasteiger partial charge in [0.05, 0.1) is 23.9 Å². The molecule has 25 heavy (non-hydrogen) atoms. The third-order valence-electron chi connectivity index (χ3n) is 4.11. The van der Waals surface area contributed by atoms with Crippen LogP contribution in [0.3, 0.4) is 0 Å². The lowest BCUT2D eigenvalue weighted by atomic mass is 9.94. The van der Waals surface area contributed by atoms with Crippen LogP contribution in [0.1, 0.15) is 16.1 Å². The van der Waals surface area contributed by atoms with E-state index in [9.17, 15) is 18.7 Å². The van der Waals surface area contributed by atoms with E-state index in [1.165, 1.54) is 25.3 Å². The lowest BCUT2D eigenvalue weighted by Crippen LogP contribution is -2.01. The van der Waals surface area contributed by atoms with Crippen molar-refractivity contribution in [3.63, 3.8) is 0 Å². The summed E-state index contributed by atoms with van der Waals surface area (Å²) in [7, 11) is 1.38. The lowest BCUT2D eigenvalue weighted by Gasteiger charge is -2.13. The van der Waals surface area contributed by atoms with Crippen molar-refractivity contribution < 1.29 is 28.2 Å². The van der Waals surface area contributed by atoms with Gasteiger partial charge in [0, 0.05) is 17.0 Å². The smallest absolute Gasteiger partial charge is 0.341 e. The zero-order chi connectivity index (χ0) is 17.7. The van der Waals surface area contributed by atoms with Gasteiger partial charge in [0.25, 0.3) is 0 Å². The fourth-order valence-corrected chi connectivity index (χ4v) is 2.98. The third kappa shape index (κ3) is 2.27. The van der Waals surface area contributed by atoms with Crippen molar-refractivity contribution in [3.8, 4) is 22.6 Å². The molecule has 0 radical (unpaired) electrons. The van der Waals surface area contributed by atoms with Crippen molar-refractivity contribution in [1.82, 2.24) is 4.98 Å². The molecule has 2 aromatic carbocycles. The molecule has 0 bridgehead atoms. The van der Waals surface area contributed by atoms with Crippen LogP contribution in [0.25, 0.3) is 22.0 Å². The molecule has 1 N–H and O–H groups in total. The predicted octanol–water partition coefficient (Wildman–Crippen LogP) is 3.56. The van der Waals surface area contributed by atoms with E-state index in [0.29, 0.717) is 27.7 Å². The van der Waals surface area contributed by atoms with Gasteiger partial charge in [-0.2, -0.15) is 0 Å². The minimum absolute atomic E-state index is 0.0203. The van der Waals surface area contributed by atoms with E-state index < -0.39 is 17.6 Å². The average molecular weight is 343 g/mol. The minimum Gasteiger partial charge on any atom is -0.504 e. The van der Waals surface area contributed by atoms with Gasteiger partial charge >= 0.3 is 5.97 Å². The molecule has 1 aromatic heterocycles. The second kappa shape index (κ2) is 5.41. The Hall–Kier alpha value is -3.22. The molecule has 0 saturated carbocycles. The zero-order valence-electron chi connectivity index (χ0n) is 13.0. The molecule has 0 saturated heterocycles. The topological polar surface area (TPSA) is 68.7 Å². The molecular formula is C18H11F2NO4. The Morgan fingerprint density at radius 2 is 1.96 bits per heavy atom. The Morgan fingerprint density at radius 3 is 2.68 bits per heavy atom. The second-order valence-corrected chi connectivity index (χ2v) is 5.55. The monoisotopic (exact) mass is 343 g/mol.